The molecule has 1 aromatic carbocycles. The summed E-state index contributed by atoms with van der Waals surface area (Å²) < 4.78 is 97.3. The number of hydrogen-bond acceptors (Lipinski definition) is 8. The van der Waals surface area contributed by atoms with Crippen molar-refractivity contribution in [3.05, 3.63) is 60.0 Å². The average molecular weight is 667 g/mol. The molecule has 1 fully saturated rings. The number of likely N-dealkylation sites (tertiary alicyclic amines) is 1. The number of fused-ring (bicyclic) bond motifs is 3. The van der Waals surface area contributed by atoms with Crippen molar-refractivity contribution in [2.24, 2.45) is 0 Å². The van der Waals surface area contributed by atoms with E-state index in [2.05, 4.69) is 28.8 Å². The summed E-state index contributed by atoms with van der Waals surface area (Å²) in [7, 11) is -1.75. The van der Waals surface area contributed by atoms with E-state index in [0.29, 0.717) is 29.9 Å². The second kappa shape index (κ2) is 13.4. The van der Waals surface area contributed by atoms with E-state index in [9.17, 15) is 34.8 Å². The molecule has 0 amide bonds. The van der Waals surface area contributed by atoms with Gasteiger partial charge in [0.2, 0.25) is 5.88 Å². The van der Waals surface area contributed by atoms with Crippen LogP contribution in [0.25, 0.3) is 11.1 Å². The minimum atomic E-state index is -5.08. The van der Waals surface area contributed by atoms with E-state index in [1.54, 1.807) is 19.4 Å². The third-order valence-electron chi connectivity index (χ3n) is 6.81. The number of halogens is 6. The average Bonchev–Trinajstić information content (AvgIpc) is 3.64. The molecule has 2 unspecified atom stereocenters. The van der Waals surface area contributed by atoms with Gasteiger partial charge in [-0.3, -0.25) is 9.58 Å². The smallest absolute Gasteiger partial charge is 0.481 e. The molecule has 4 heterocycles. The number of sulfone groups is 1. The van der Waals surface area contributed by atoms with Crippen LogP contribution in [0.15, 0.2) is 53.8 Å². The monoisotopic (exact) mass is 666 g/mol. The van der Waals surface area contributed by atoms with Crippen molar-refractivity contribution in [2.75, 3.05) is 20.2 Å². The van der Waals surface area contributed by atoms with Gasteiger partial charge in [0.1, 0.15) is 0 Å². The van der Waals surface area contributed by atoms with E-state index in [0.717, 1.165) is 28.8 Å². The fourth-order valence-corrected chi connectivity index (χ4v) is 6.99. The van der Waals surface area contributed by atoms with Gasteiger partial charge in [0, 0.05) is 55.1 Å². The van der Waals surface area contributed by atoms with Gasteiger partial charge in [-0.05, 0) is 49.2 Å². The molecule has 2 atom stereocenters. The maximum absolute atomic E-state index is 13.2. The van der Waals surface area contributed by atoms with E-state index < -0.39 is 39.4 Å². The van der Waals surface area contributed by atoms with Crippen LogP contribution in [0.3, 0.4) is 0 Å². The zero-order valence-corrected chi connectivity index (χ0v) is 24.7. The number of benzene rings is 1. The fourth-order valence-electron chi connectivity index (χ4n) is 4.79. The molecule has 246 valence electrons. The molecule has 0 bridgehead atoms. The zero-order valence-electron chi connectivity index (χ0n) is 23.9. The third-order valence-corrected chi connectivity index (χ3v) is 9.07. The fraction of sp³-hybridized carbons (Fsp3) is 0.407. The van der Waals surface area contributed by atoms with Crippen LogP contribution in [0.4, 0.5) is 26.3 Å². The van der Waals surface area contributed by atoms with Crippen LogP contribution in [-0.2, 0) is 26.0 Å². The first-order valence-corrected chi connectivity index (χ1v) is 14.5. The summed E-state index contributed by atoms with van der Waals surface area (Å²) in [5.74, 6) is -5.00. The van der Waals surface area contributed by atoms with Crippen LogP contribution in [0.2, 0.25) is 0 Å². The highest BCUT2D eigenvalue weighted by atomic mass is 32.2. The molecule has 2 aliphatic heterocycles. The molecule has 45 heavy (non-hydrogen) atoms. The van der Waals surface area contributed by atoms with Gasteiger partial charge in [-0.1, -0.05) is 6.07 Å². The van der Waals surface area contributed by atoms with Gasteiger partial charge in [-0.2, -0.15) is 31.4 Å². The first-order chi connectivity index (χ1) is 20.8. The number of carbonyl (C=O) groups is 2. The summed E-state index contributed by atoms with van der Waals surface area (Å²) in [5, 5.41) is 18.3. The van der Waals surface area contributed by atoms with Gasteiger partial charge in [0.05, 0.1) is 23.5 Å². The number of hydrogen-bond donors (Lipinski definition) is 2. The maximum atomic E-state index is 13.2. The molecule has 2 N–H and O–H groups in total. The number of carboxylic acids is 2. The van der Waals surface area contributed by atoms with Crippen LogP contribution in [0.1, 0.15) is 36.9 Å². The molecule has 2 aromatic heterocycles. The van der Waals surface area contributed by atoms with Crippen molar-refractivity contribution < 1.29 is 59.3 Å². The largest absolute Gasteiger partial charge is 0.490 e. The van der Waals surface area contributed by atoms with E-state index in [-0.39, 0.29) is 5.92 Å². The van der Waals surface area contributed by atoms with Crippen molar-refractivity contribution in [1.29, 1.82) is 0 Å². The number of ether oxygens (including phenoxy) is 1. The molecular formula is C27H28F6N4O7S. The molecule has 1 saturated heterocycles. The molecule has 5 rings (SSSR count). The van der Waals surface area contributed by atoms with E-state index in [1.807, 2.05) is 41.3 Å². The van der Waals surface area contributed by atoms with Crippen molar-refractivity contribution in [2.45, 2.75) is 54.8 Å². The van der Waals surface area contributed by atoms with Crippen molar-refractivity contribution in [3.63, 3.8) is 0 Å². The Labute approximate surface area is 253 Å². The lowest BCUT2D eigenvalue weighted by Gasteiger charge is -2.17. The predicted molar refractivity (Wildman–Crippen MR) is 145 cm³/mol. The van der Waals surface area contributed by atoms with Crippen LogP contribution in [0, 0.1) is 0 Å². The summed E-state index contributed by atoms with van der Waals surface area (Å²) in [6.45, 7) is 6.16. The first kappa shape index (κ1) is 35.3. The Morgan fingerprint density at radius 3 is 2.16 bits per heavy atom. The Kier molecular flexibility index (Phi) is 10.5. The number of aliphatic carboxylic acids is 2. The zero-order chi connectivity index (χ0) is 33.9. The van der Waals surface area contributed by atoms with Crippen LogP contribution in [0.5, 0.6) is 5.88 Å². The molecule has 0 aliphatic carbocycles. The number of pyridine rings is 1. The SMILES string of the molecule is COc1ncccc1-c1ccc2c(c1)C1CN(Cc3cnn(C(C)C)c3)CC1S2(=O)=O.O=C(O)C(F)(F)F.O=C(O)C(F)(F)F. The van der Waals surface area contributed by atoms with Crippen LogP contribution >= 0.6 is 0 Å². The maximum Gasteiger partial charge on any atom is 0.490 e. The number of nitrogens with zero attached hydrogens (tertiary/aromatic N) is 4. The molecule has 3 aromatic rings. The highest BCUT2D eigenvalue weighted by molar-refractivity contribution is 7.92. The van der Waals surface area contributed by atoms with Gasteiger partial charge in [-0.25, -0.2) is 23.0 Å². The standard InChI is InChI=1S/C23H26N4O3S.2C2HF3O2/c1-15(2)27-12-16(10-25-27)11-26-13-20-19-9-17(18-5-4-8-24-23(18)30-3)6-7-21(19)31(28,29)22(20)14-26;2*3-2(4,5)1(6)7/h4-10,12,15,20,22H,11,13-14H2,1-3H3;2*(H,6,7). The minimum absolute atomic E-state index is 0.0252. The predicted octanol–water partition coefficient (Wildman–Crippen LogP) is 4.56. The van der Waals surface area contributed by atoms with E-state index in [1.165, 1.54) is 0 Å². The lowest BCUT2D eigenvalue weighted by molar-refractivity contribution is -0.193. The minimum Gasteiger partial charge on any atom is -0.481 e. The molecule has 2 aliphatic rings. The molecule has 11 nitrogen and oxygen atoms in total. The third kappa shape index (κ3) is 8.30. The lowest BCUT2D eigenvalue weighted by Crippen LogP contribution is -2.25. The summed E-state index contributed by atoms with van der Waals surface area (Å²) in [6, 6.07) is 9.73. The van der Waals surface area contributed by atoms with Crippen molar-refractivity contribution >= 4 is 21.8 Å². The normalized spacial score (nSPS) is 18.6. The summed E-state index contributed by atoms with van der Waals surface area (Å²) in [5.41, 5.74) is 3.81. The Hall–Kier alpha value is -4.19. The Balaban J connectivity index is 0.000000331. The second-order valence-electron chi connectivity index (χ2n) is 10.2. The molecule has 18 heteroatoms. The second-order valence-corrected chi connectivity index (χ2v) is 12.4. The van der Waals surface area contributed by atoms with Gasteiger partial charge in [0.25, 0.3) is 0 Å². The molecular weight excluding hydrogens is 638 g/mol. The van der Waals surface area contributed by atoms with Crippen molar-refractivity contribution in [1.82, 2.24) is 19.7 Å². The van der Waals surface area contributed by atoms with Crippen LogP contribution in [-0.4, -0.2) is 88.0 Å². The quantitative estimate of drug-likeness (QED) is 0.371. The Morgan fingerprint density at radius 1 is 1.04 bits per heavy atom. The molecule has 0 spiro atoms. The Bertz CT molecular complexity index is 1620. The van der Waals surface area contributed by atoms with E-state index in [4.69, 9.17) is 24.5 Å². The summed E-state index contributed by atoms with van der Waals surface area (Å²) in [4.78, 5) is 24.8. The lowest BCUT2D eigenvalue weighted by atomic mass is 9.95. The highest BCUT2D eigenvalue weighted by Crippen LogP contribution is 2.46. The number of methoxy groups -OCH3 is 1. The topological polar surface area (TPSA) is 152 Å². The summed E-state index contributed by atoms with van der Waals surface area (Å²) >= 11 is 0. The number of rotatable bonds is 5. The van der Waals surface area contributed by atoms with Crippen LogP contribution < -0.4 is 4.74 Å². The Morgan fingerprint density at radius 2 is 1.64 bits per heavy atom. The number of alkyl halides is 6. The molecule has 0 saturated carbocycles. The summed E-state index contributed by atoms with van der Waals surface area (Å²) in [6.07, 6.45) is -4.55. The number of carboxylic acid groups (broad SMARTS) is 2. The first-order valence-electron chi connectivity index (χ1n) is 13.0. The van der Waals surface area contributed by atoms with Gasteiger partial charge >= 0.3 is 24.3 Å². The van der Waals surface area contributed by atoms with Gasteiger partial charge < -0.3 is 14.9 Å². The molecule has 0 radical (unpaired) electrons. The highest BCUT2D eigenvalue weighted by Gasteiger charge is 2.50. The number of aromatic nitrogens is 3. The van der Waals surface area contributed by atoms with E-state index >= 15 is 0 Å². The van der Waals surface area contributed by atoms with Crippen molar-refractivity contribution in [3.8, 4) is 17.0 Å². The van der Waals surface area contributed by atoms with Gasteiger partial charge in [-0.15, -0.1) is 0 Å². The van der Waals surface area contributed by atoms with Gasteiger partial charge in [0.15, 0.2) is 9.84 Å².